The van der Waals surface area contributed by atoms with Crippen LogP contribution in [-0.4, -0.2) is 9.55 Å². The molecule has 0 bridgehead atoms. The SMILES string of the molecule is CCn1c(-c2ccccc2)nc2cc(CCl)ccc21.Cl. The van der Waals surface area contributed by atoms with Crippen molar-refractivity contribution in [2.45, 2.75) is 19.3 Å². The van der Waals surface area contributed by atoms with Crippen LogP contribution in [0.5, 0.6) is 0 Å². The van der Waals surface area contributed by atoms with Gasteiger partial charge in [-0.3, -0.25) is 0 Å². The number of aromatic nitrogens is 2. The fourth-order valence-corrected chi connectivity index (χ4v) is 2.55. The maximum atomic E-state index is 5.89. The Morgan fingerprint density at radius 1 is 1.10 bits per heavy atom. The first-order valence-corrected chi connectivity index (χ1v) is 6.97. The second-order valence-electron chi connectivity index (χ2n) is 4.50. The van der Waals surface area contributed by atoms with E-state index >= 15 is 0 Å². The number of hydrogen-bond acceptors (Lipinski definition) is 1. The predicted octanol–water partition coefficient (Wildman–Crippen LogP) is 4.88. The third-order valence-corrected chi connectivity index (χ3v) is 3.62. The maximum absolute atomic E-state index is 5.89. The highest BCUT2D eigenvalue weighted by Crippen LogP contribution is 2.25. The highest BCUT2D eigenvalue weighted by Gasteiger charge is 2.11. The molecule has 0 aliphatic carbocycles. The lowest BCUT2D eigenvalue weighted by atomic mass is 10.2. The van der Waals surface area contributed by atoms with E-state index in [9.17, 15) is 0 Å². The first-order valence-electron chi connectivity index (χ1n) is 6.44. The second-order valence-corrected chi connectivity index (χ2v) is 4.77. The van der Waals surface area contributed by atoms with Gasteiger partial charge in [-0.1, -0.05) is 36.4 Å². The summed E-state index contributed by atoms with van der Waals surface area (Å²) in [4.78, 5) is 4.77. The van der Waals surface area contributed by atoms with Gasteiger partial charge < -0.3 is 4.57 Å². The van der Waals surface area contributed by atoms with Gasteiger partial charge in [0.25, 0.3) is 0 Å². The number of fused-ring (bicyclic) bond motifs is 1. The molecule has 0 saturated heterocycles. The Bertz CT molecular complexity index is 705. The zero-order valence-electron chi connectivity index (χ0n) is 11.2. The lowest BCUT2D eigenvalue weighted by molar-refractivity contribution is 0.796. The number of imidazole rings is 1. The Hall–Kier alpha value is -1.51. The average Bonchev–Trinajstić information content (AvgIpc) is 2.85. The quantitative estimate of drug-likeness (QED) is 0.630. The van der Waals surface area contributed by atoms with Crippen molar-refractivity contribution in [1.82, 2.24) is 9.55 Å². The van der Waals surface area contributed by atoms with Gasteiger partial charge in [0.2, 0.25) is 0 Å². The van der Waals surface area contributed by atoms with Crippen LogP contribution in [0.3, 0.4) is 0 Å². The van der Waals surface area contributed by atoms with Crippen LogP contribution in [0.25, 0.3) is 22.4 Å². The summed E-state index contributed by atoms with van der Waals surface area (Å²) in [6.07, 6.45) is 0. The maximum Gasteiger partial charge on any atom is 0.141 e. The van der Waals surface area contributed by atoms with Crippen LogP contribution in [0.1, 0.15) is 12.5 Å². The largest absolute Gasteiger partial charge is 0.324 e. The Labute approximate surface area is 129 Å². The normalized spacial score (nSPS) is 10.5. The van der Waals surface area contributed by atoms with Crippen molar-refractivity contribution in [3.05, 3.63) is 54.1 Å². The van der Waals surface area contributed by atoms with Gasteiger partial charge in [-0.25, -0.2) is 4.98 Å². The molecule has 2 nitrogen and oxygen atoms in total. The lowest BCUT2D eigenvalue weighted by Gasteiger charge is -2.05. The zero-order valence-corrected chi connectivity index (χ0v) is 12.8. The molecule has 2 aromatic carbocycles. The average molecular weight is 307 g/mol. The fraction of sp³-hybridized carbons (Fsp3) is 0.188. The number of aryl methyl sites for hydroxylation is 1. The highest BCUT2D eigenvalue weighted by molar-refractivity contribution is 6.17. The van der Waals surface area contributed by atoms with E-state index in [1.54, 1.807) is 0 Å². The molecular formula is C16H16Cl2N2. The molecule has 0 spiro atoms. The number of hydrogen-bond donors (Lipinski definition) is 0. The third-order valence-electron chi connectivity index (χ3n) is 3.32. The summed E-state index contributed by atoms with van der Waals surface area (Å²) in [7, 11) is 0. The molecule has 0 atom stereocenters. The number of nitrogens with zero attached hydrogens (tertiary/aromatic N) is 2. The van der Waals surface area contributed by atoms with Crippen molar-refractivity contribution in [3.63, 3.8) is 0 Å². The molecule has 4 heteroatoms. The molecule has 1 heterocycles. The summed E-state index contributed by atoms with van der Waals surface area (Å²) >= 11 is 5.89. The number of halogens is 2. The monoisotopic (exact) mass is 306 g/mol. The van der Waals surface area contributed by atoms with E-state index in [0.29, 0.717) is 5.88 Å². The van der Waals surface area contributed by atoms with Gasteiger partial charge in [0.15, 0.2) is 0 Å². The summed E-state index contributed by atoms with van der Waals surface area (Å²) in [5.74, 6) is 1.54. The van der Waals surface area contributed by atoms with E-state index in [4.69, 9.17) is 16.6 Å². The minimum atomic E-state index is 0. The third kappa shape index (κ3) is 2.54. The summed E-state index contributed by atoms with van der Waals surface area (Å²) in [5, 5.41) is 0. The molecule has 0 aliphatic rings. The van der Waals surface area contributed by atoms with Crippen LogP contribution < -0.4 is 0 Å². The van der Waals surface area contributed by atoms with Gasteiger partial charge in [0.1, 0.15) is 5.82 Å². The van der Waals surface area contributed by atoms with Gasteiger partial charge >= 0.3 is 0 Å². The van der Waals surface area contributed by atoms with E-state index in [1.165, 1.54) is 0 Å². The first-order chi connectivity index (χ1) is 9.33. The Morgan fingerprint density at radius 2 is 1.85 bits per heavy atom. The molecule has 0 radical (unpaired) electrons. The number of alkyl halides is 1. The van der Waals surface area contributed by atoms with E-state index < -0.39 is 0 Å². The Morgan fingerprint density at radius 3 is 2.50 bits per heavy atom. The number of benzene rings is 2. The number of rotatable bonds is 3. The van der Waals surface area contributed by atoms with Gasteiger partial charge in [0, 0.05) is 18.0 Å². The standard InChI is InChI=1S/C16H15ClN2.ClH/c1-2-19-15-9-8-12(11-17)10-14(15)18-16(19)13-6-4-3-5-7-13;/h3-10H,2,11H2,1H3;1H. The highest BCUT2D eigenvalue weighted by atomic mass is 35.5. The smallest absolute Gasteiger partial charge is 0.141 e. The minimum Gasteiger partial charge on any atom is -0.324 e. The van der Waals surface area contributed by atoms with Crippen molar-refractivity contribution >= 4 is 35.0 Å². The molecule has 3 rings (SSSR count). The minimum absolute atomic E-state index is 0. The Balaban J connectivity index is 0.00000147. The topological polar surface area (TPSA) is 17.8 Å². The van der Waals surface area contributed by atoms with Gasteiger partial charge in [-0.05, 0) is 24.6 Å². The molecule has 1 aromatic heterocycles. The molecule has 0 aliphatic heterocycles. The van der Waals surface area contributed by atoms with Crippen LogP contribution in [0, 0.1) is 0 Å². The molecule has 3 aromatic rings. The van der Waals surface area contributed by atoms with Crippen LogP contribution in [0.4, 0.5) is 0 Å². The molecule has 0 unspecified atom stereocenters. The molecular weight excluding hydrogens is 291 g/mol. The van der Waals surface area contributed by atoms with E-state index in [0.717, 1.165) is 34.5 Å². The molecule has 20 heavy (non-hydrogen) atoms. The van der Waals surface area contributed by atoms with Crippen LogP contribution in [0.2, 0.25) is 0 Å². The van der Waals surface area contributed by atoms with E-state index in [1.807, 2.05) is 18.2 Å². The lowest BCUT2D eigenvalue weighted by Crippen LogP contribution is -1.97. The first kappa shape index (κ1) is 14.9. The Kier molecular flexibility index (Phi) is 4.69. The molecule has 0 amide bonds. The summed E-state index contributed by atoms with van der Waals surface area (Å²) < 4.78 is 2.24. The van der Waals surface area contributed by atoms with Crippen molar-refractivity contribution in [1.29, 1.82) is 0 Å². The van der Waals surface area contributed by atoms with Crippen molar-refractivity contribution in [3.8, 4) is 11.4 Å². The van der Waals surface area contributed by atoms with Gasteiger partial charge in [-0.2, -0.15) is 0 Å². The van der Waals surface area contributed by atoms with E-state index in [-0.39, 0.29) is 12.4 Å². The summed E-state index contributed by atoms with van der Waals surface area (Å²) in [6.45, 7) is 3.05. The summed E-state index contributed by atoms with van der Waals surface area (Å²) in [6, 6.07) is 16.5. The second kappa shape index (κ2) is 6.29. The van der Waals surface area contributed by atoms with Crippen molar-refractivity contribution < 1.29 is 0 Å². The molecule has 0 saturated carbocycles. The predicted molar refractivity (Wildman–Crippen MR) is 87.6 cm³/mol. The van der Waals surface area contributed by atoms with Gasteiger partial charge in [0.05, 0.1) is 11.0 Å². The van der Waals surface area contributed by atoms with E-state index in [2.05, 4.69) is 41.8 Å². The molecule has 0 N–H and O–H groups in total. The molecule has 104 valence electrons. The summed E-state index contributed by atoms with van der Waals surface area (Å²) in [5.41, 5.74) is 4.43. The van der Waals surface area contributed by atoms with Crippen molar-refractivity contribution in [2.75, 3.05) is 0 Å². The fourth-order valence-electron chi connectivity index (χ4n) is 2.39. The van der Waals surface area contributed by atoms with Crippen LogP contribution in [-0.2, 0) is 12.4 Å². The van der Waals surface area contributed by atoms with Crippen LogP contribution in [0.15, 0.2) is 48.5 Å². The van der Waals surface area contributed by atoms with Crippen molar-refractivity contribution in [2.24, 2.45) is 0 Å². The van der Waals surface area contributed by atoms with Crippen LogP contribution >= 0.6 is 24.0 Å². The zero-order chi connectivity index (χ0) is 13.2. The van der Waals surface area contributed by atoms with Gasteiger partial charge in [-0.15, -0.1) is 24.0 Å². The molecule has 0 fully saturated rings.